The van der Waals surface area contributed by atoms with E-state index >= 15 is 0 Å². The second-order valence-corrected chi connectivity index (χ2v) is 5.21. The highest BCUT2D eigenvalue weighted by Crippen LogP contribution is 2.45. The van der Waals surface area contributed by atoms with E-state index < -0.39 is 32.8 Å². The van der Waals surface area contributed by atoms with Gasteiger partial charge in [0.05, 0.1) is 15.4 Å². The number of nitrogens with zero attached hydrogens (tertiary/aromatic N) is 3. The lowest BCUT2D eigenvalue weighted by molar-refractivity contribution is -0.392. The lowest BCUT2D eigenvalue weighted by Gasteiger charge is -2.19. The minimum absolute atomic E-state index is 0.194. The van der Waals surface area contributed by atoms with E-state index in [9.17, 15) is 25.0 Å². The molecule has 0 bridgehead atoms. The molecule has 0 spiro atoms. The molecule has 0 atom stereocenters. The highest BCUT2D eigenvalue weighted by molar-refractivity contribution is 5.94. The number of carboxylic acid groups (broad SMARTS) is 1. The summed E-state index contributed by atoms with van der Waals surface area (Å²) in [6.45, 7) is 0.341. The maximum absolute atomic E-state index is 11.4. The van der Waals surface area contributed by atoms with Gasteiger partial charge in [0.1, 0.15) is 0 Å². The predicted molar refractivity (Wildman–Crippen MR) is 83.9 cm³/mol. The Hall–Kier alpha value is -3.49. The van der Waals surface area contributed by atoms with Gasteiger partial charge in [-0.1, -0.05) is 18.2 Å². The monoisotopic (exact) mass is 329 g/mol. The van der Waals surface area contributed by atoms with Crippen LogP contribution in [0.3, 0.4) is 0 Å². The van der Waals surface area contributed by atoms with Crippen LogP contribution in [0.4, 0.5) is 22.7 Å². The van der Waals surface area contributed by atoms with Gasteiger partial charge in [0.15, 0.2) is 5.69 Å². The average molecular weight is 329 g/mol. The van der Waals surface area contributed by atoms with Gasteiger partial charge in [-0.15, -0.1) is 0 Å². The Morgan fingerprint density at radius 3 is 2.21 bits per heavy atom. The standard InChI is InChI=1S/C15H11N3O6/c19-15(20)10-7-12(17(21)22)14(13(8-10)18(23)24)16-6-5-9-3-1-2-4-11(9)16/h1-4,7-8H,5-6H2,(H,19,20). The highest BCUT2D eigenvalue weighted by Gasteiger charge is 2.35. The van der Waals surface area contributed by atoms with Crippen molar-refractivity contribution in [3.05, 3.63) is 67.8 Å². The van der Waals surface area contributed by atoms with Gasteiger partial charge in [-0.2, -0.15) is 0 Å². The average Bonchev–Trinajstić information content (AvgIpc) is 2.97. The van der Waals surface area contributed by atoms with Crippen LogP contribution in [0.2, 0.25) is 0 Å². The number of fused-ring (bicyclic) bond motifs is 1. The van der Waals surface area contributed by atoms with E-state index in [-0.39, 0.29) is 5.69 Å². The Bertz CT molecular complexity index is 844. The molecule has 0 saturated carbocycles. The first-order chi connectivity index (χ1) is 11.4. The molecule has 0 radical (unpaired) electrons. The zero-order chi connectivity index (χ0) is 17.4. The van der Waals surface area contributed by atoms with Gasteiger partial charge in [0.25, 0.3) is 0 Å². The van der Waals surface area contributed by atoms with E-state index in [4.69, 9.17) is 5.11 Å². The molecule has 1 heterocycles. The molecule has 2 aromatic rings. The maximum atomic E-state index is 11.4. The topological polar surface area (TPSA) is 127 Å². The van der Waals surface area contributed by atoms with Crippen molar-refractivity contribution >= 4 is 28.7 Å². The van der Waals surface area contributed by atoms with Gasteiger partial charge < -0.3 is 10.0 Å². The van der Waals surface area contributed by atoms with E-state index in [0.29, 0.717) is 18.7 Å². The van der Waals surface area contributed by atoms with Gasteiger partial charge in [-0.3, -0.25) is 20.2 Å². The molecule has 1 N–H and O–H groups in total. The number of anilines is 2. The first kappa shape index (κ1) is 15.4. The Morgan fingerprint density at radius 1 is 1.08 bits per heavy atom. The summed E-state index contributed by atoms with van der Waals surface area (Å²) in [6.07, 6.45) is 0.588. The third kappa shape index (κ3) is 2.41. The van der Waals surface area contributed by atoms with Gasteiger partial charge in [-0.05, 0) is 18.1 Å². The van der Waals surface area contributed by atoms with Crippen LogP contribution in [0.1, 0.15) is 15.9 Å². The summed E-state index contributed by atoms with van der Waals surface area (Å²) in [5.41, 5.74) is -0.323. The number of hydrogen-bond donors (Lipinski definition) is 1. The van der Waals surface area contributed by atoms with Crippen molar-refractivity contribution in [2.75, 3.05) is 11.4 Å². The number of aromatic carboxylic acids is 1. The minimum Gasteiger partial charge on any atom is -0.478 e. The van der Waals surface area contributed by atoms with Crippen LogP contribution in [-0.2, 0) is 6.42 Å². The van der Waals surface area contributed by atoms with Gasteiger partial charge >= 0.3 is 17.3 Å². The van der Waals surface area contributed by atoms with Gasteiger partial charge in [0.2, 0.25) is 0 Å². The number of nitro groups is 2. The molecule has 0 unspecified atom stereocenters. The van der Waals surface area contributed by atoms with Crippen molar-refractivity contribution in [2.24, 2.45) is 0 Å². The molecule has 9 heteroatoms. The molecule has 1 aliphatic rings. The summed E-state index contributed by atoms with van der Waals surface area (Å²) >= 11 is 0. The zero-order valence-corrected chi connectivity index (χ0v) is 12.2. The van der Waals surface area contributed by atoms with E-state index in [1.165, 1.54) is 4.90 Å². The SMILES string of the molecule is O=C(O)c1cc([N+](=O)[O-])c(N2CCc3ccccc32)c([N+](=O)[O-])c1. The summed E-state index contributed by atoms with van der Waals surface area (Å²) in [5, 5.41) is 31.9. The van der Waals surface area contributed by atoms with Crippen molar-refractivity contribution in [3.63, 3.8) is 0 Å². The number of rotatable bonds is 4. The molecule has 24 heavy (non-hydrogen) atoms. The van der Waals surface area contributed by atoms with Gasteiger partial charge in [-0.25, -0.2) is 4.79 Å². The molecular formula is C15H11N3O6. The van der Waals surface area contributed by atoms with Crippen LogP contribution in [0.5, 0.6) is 0 Å². The Morgan fingerprint density at radius 2 is 1.67 bits per heavy atom. The van der Waals surface area contributed by atoms with Crippen LogP contribution < -0.4 is 4.90 Å². The van der Waals surface area contributed by atoms with Crippen molar-refractivity contribution < 1.29 is 19.7 Å². The summed E-state index contributed by atoms with van der Waals surface area (Å²) < 4.78 is 0. The third-order valence-electron chi connectivity index (χ3n) is 3.87. The molecule has 9 nitrogen and oxygen atoms in total. The summed E-state index contributed by atoms with van der Waals surface area (Å²) in [7, 11) is 0. The molecule has 0 amide bonds. The number of hydrogen-bond acceptors (Lipinski definition) is 6. The van der Waals surface area contributed by atoms with E-state index in [1.54, 1.807) is 12.1 Å². The zero-order valence-electron chi connectivity index (χ0n) is 12.2. The molecule has 3 rings (SSSR count). The first-order valence-corrected chi connectivity index (χ1v) is 6.95. The third-order valence-corrected chi connectivity index (χ3v) is 3.87. The second-order valence-electron chi connectivity index (χ2n) is 5.21. The van der Waals surface area contributed by atoms with Crippen LogP contribution >= 0.6 is 0 Å². The predicted octanol–water partition coefficient (Wildman–Crippen LogP) is 2.90. The second kappa shape index (κ2) is 5.61. The smallest absolute Gasteiger partial charge is 0.336 e. The van der Waals surface area contributed by atoms with Crippen molar-refractivity contribution in [1.82, 2.24) is 0 Å². The molecule has 0 fully saturated rings. The lowest BCUT2D eigenvalue weighted by atomic mass is 10.1. The van der Waals surface area contributed by atoms with Crippen LogP contribution in [0, 0.1) is 20.2 Å². The van der Waals surface area contributed by atoms with Crippen molar-refractivity contribution in [3.8, 4) is 0 Å². The molecule has 0 saturated heterocycles. The summed E-state index contributed by atoms with van der Waals surface area (Å²) in [6, 6.07) is 8.83. The van der Waals surface area contributed by atoms with Gasteiger partial charge in [0, 0.05) is 24.4 Å². The molecule has 2 aromatic carbocycles. The fourth-order valence-electron chi connectivity index (χ4n) is 2.85. The van der Waals surface area contributed by atoms with Crippen LogP contribution in [0.15, 0.2) is 36.4 Å². The number of nitro benzene ring substituents is 2. The van der Waals surface area contributed by atoms with Crippen LogP contribution in [-0.4, -0.2) is 27.5 Å². The fourth-order valence-corrected chi connectivity index (χ4v) is 2.85. The van der Waals surface area contributed by atoms with Crippen molar-refractivity contribution in [1.29, 1.82) is 0 Å². The molecule has 0 aliphatic carbocycles. The normalized spacial score (nSPS) is 12.8. The van der Waals surface area contributed by atoms with Crippen LogP contribution in [0.25, 0.3) is 0 Å². The summed E-state index contributed by atoms with van der Waals surface area (Å²) in [4.78, 5) is 33.8. The largest absolute Gasteiger partial charge is 0.478 e. The minimum atomic E-state index is -1.46. The Labute approximate surface area is 135 Å². The fraction of sp³-hybridized carbons (Fsp3) is 0.133. The lowest BCUT2D eigenvalue weighted by Crippen LogP contribution is -2.17. The number of carbonyl (C=O) groups is 1. The molecule has 122 valence electrons. The first-order valence-electron chi connectivity index (χ1n) is 6.95. The van der Waals surface area contributed by atoms with E-state index in [1.807, 2.05) is 12.1 Å². The quantitative estimate of drug-likeness (QED) is 0.674. The number of para-hydroxylation sites is 1. The molecule has 1 aliphatic heterocycles. The summed E-state index contributed by atoms with van der Waals surface area (Å²) in [5.74, 6) is -1.46. The Kier molecular flexibility index (Phi) is 3.60. The highest BCUT2D eigenvalue weighted by atomic mass is 16.6. The molecular weight excluding hydrogens is 318 g/mol. The maximum Gasteiger partial charge on any atom is 0.336 e. The van der Waals surface area contributed by atoms with Crippen molar-refractivity contribution in [2.45, 2.75) is 6.42 Å². The van der Waals surface area contributed by atoms with E-state index in [2.05, 4.69) is 0 Å². The van der Waals surface area contributed by atoms with E-state index in [0.717, 1.165) is 17.7 Å². The Balaban J connectivity index is 2.29. The number of benzene rings is 2. The molecule has 0 aromatic heterocycles. The number of carboxylic acids is 1.